The van der Waals surface area contributed by atoms with Crippen molar-refractivity contribution in [1.29, 1.82) is 5.26 Å². The predicted octanol–water partition coefficient (Wildman–Crippen LogP) is 4.18. The van der Waals surface area contributed by atoms with Gasteiger partial charge in [0, 0.05) is 48.5 Å². The highest BCUT2D eigenvalue weighted by Gasteiger charge is 2.39. The molecule has 4 aromatic rings. The first-order chi connectivity index (χ1) is 16.3. The minimum absolute atomic E-state index is 0.112. The highest BCUT2D eigenvalue weighted by molar-refractivity contribution is 5.60. The van der Waals surface area contributed by atoms with Crippen LogP contribution in [0, 0.1) is 11.3 Å². The van der Waals surface area contributed by atoms with Gasteiger partial charge in [-0.25, -0.2) is 9.67 Å². The molecule has 2 N–H and O–H groups in total. The first kappa shape index (κ1) is 21.5. The maximum absolute atomic E-state index is 9.97. The van der Waals surface area contributed by atoms with Gasteiger partial charge in [0.05, 0.1) is 17.2 Å². The first-order valence-electron chi connectivity index (χ1n) is 11.0. The molecule has 8 heteroatoms. The minimum Gasteiger partial charge on any atom is -0.422 e. The molecule has 0 saturated heterocycles. The number of imidazole rings is 1. The van der Waals surface area contributed by atoms with Crippen molar-refractivity contribution in [2.75, 3.05) is 0 Å². The summed E-state index contributed by atoms with van der Waals surface area (Å²) in [5.74, 6) is 1.12. The molecule has 0 bridgehead atoms. The van der Waals surface area contributed by atoms with Crippen molar-refractivity contribution in [3.05, 3.63) is 89.5 Å². The Balaban J connectivity index is 1.61. The quantitative estimate of drug-likeness (QED) is 0.501. The van der Waals surface area contributed by atoms with Crippen LogP contribution in [0.5, 0.6) is 5.88 Å². The van der Waals surface area contributed by atoms with Gasteiger partial charge < -0.3 is 10.5 Å². The van der Waals surface area contributed by atoms with E-state index in [0.717, 1.165) is 33.9 Å². The molecule has 0 radical (unpaired) electrons. The van der Waals surface area contributed by atoms with Gasteiger partial charge >= 0.3 is 0 Å². The number of hydrogen-bond donors (Lipinski definition) is 1. The fourth-order valence-electron chi connectivity index (χ4n) is 4.41. The van der Waals surface area contributed by atoms with Crippen molar-refractivity contribution >= 4 is 0 Å². The van der Waals surface area contributed by atoms with Crippen LogP contribution in [-0.4, -0.2) is 24.3 Å². The molecule has 0 spiro atoms. The number of aromatic nitrogens is 5. The Hall–Kier alpha value is -4.38. The highest BCUT2D eigenvalue weighted by Crippen LogP contribution is 2.46. The van der Waals surface area contributed by atoms with E-state index in [0.29, 0.717) is 11.5 Å². The molecular formula is C26H25N7O. The van der Waals surface area contributed by atoms with E-state index in [-0.39, 0.29) is 17.2 Å². The van der Waals surface area contributed by atoms with Crippen LogP contribution in [-0.2, 0) is 12.5 Å². The highest BCUT2D eigenvalue weighted by atomic mass is 16.5. The Kier molecular flexibility index (Phi) is 4.98. The van der Waals surface area contributed by atoms with Gasteiger partial charge in [-0.15, -0.1) is 0 Å². The van der Waals surface area contributed by atoms with Crippen LogP contribution >= 0.6 is 0 Å². The Bertz CT molecular complexity index is 1430. The summed E-state index contributed by atoms with van der Waals surface area (Å²) in [6.45, 7) is 6.30. The van der Waals surface area contributed by atoms with Gasteiger partial charge in [0.25, 0.3) is 0 Å². The van der Waals surface area contributed by atoms with Crippen LogP contribution in [0.2, 0.25) is 0 Å². The number of rotatable bonds is 3. The van der Waals surface area contributed by atoms with Crippen LogP contribution < -0.4 is 10.5 Å². The van der Waals surface area contributed by atoms with Gasteiger partial charge in [0.2, 0.25) is 11.8 Å². The third-order valence-electron chi connectivity index (χ3n) is 5.97. The second-order valence-electron chi connectivity index (χ2n) is 9.32. The van der Waals surface area contributed by atoms with Crippen molar-refractivity contribution in [3.8, 4) is 29.0 Å². The molecule has 1 unspecified atom stereocenters. The third kappa shape index (κ3) is 3.42. The van der Waals surface area contributed by atoms with Gasteiger partial charge in [0.15, 0.2) is 0 Å². The smallest absolute Gasteiger partial charge is 0.224 e. The van der Waals surface area contributed by atoms with Crippen LogP contribution in [0.3, 0.4) is 0 Å². The molecule has 5 rings (SSSR count). The number of nitriles is 1. The summed E-state index contributed by atoms with van der Waals surface area (Å²) in [5, 5.41) is 14.7. The maximum atomic E-state index is 9.97. The SMILES string of the molecule is Cn1nc(C(C)(C)C)c2c1OC(N)=C(C#N)C2c1ccc(-n2ccnc2-c2cccnc2)cc1. The van der Waals surface area contributed by atoms with Crippen molar-refractivity contribution < 1.29 is 4.74 Å². The zero-order valence-electron chi connectivity index (χ0n) is 19.5. The predicted molar refractivity (Wildman–Crippen MR) is 128 cm³/mol. The lowest BCUT2D eigenvalue weighted by atomic mass is 9.79. The number of pyridine rings is 1. The van der Waals surface area contributed by atoms with Gasteiger partial charge in [-0.1, -0.05) is 32.9 Å². The third-order valence-corrected chi connectivity index (χ3v) is 5.97. The van der Waals surface area contributed by atoms with Crippen LogP contribution in [0.4, 0.5) is 0 Å². The van der Waals surface area contributed by atoms with Gasteiger partial charge in [0.1, 0.15) is 17.5 Å². The zero-order valence-corrected chi connectivity index (χ0v) is 19.5. The fraction of sp³-hybridized carbons (Fsp3) is 0.231. The Morgan fingerprint density at radius 1 is 1.12 bits per heavy atom. The summed E-state index contributed by atoms with van der Waals surface area (Å²) in [6.07, 6.45) is 7.22. The normalized spacial score (nSPS) is 15.6. The molecule has 8 nitrogen and oxygen atoms in total. The van der Waals surface area contributed by atoms with E-state index in [4.69, 9.17) is 15.6 Å². The molecule has 1 aromatic carbocycles. The molecule has 0 amide bonds. The second-order valence-corrected chi connectivity index (χ2v) is 9.32. The summed E-state index contributed by atoms with van der Waals surface area (Å²) in [4.78, 5) is 8.72. The molecular weight excluding hydrogens is 426 g/mol. The molecule has 170 valence electrons. The zero-order chi connectivity index (χ0) is 24.0. The van der Waals surface area contributed by atoms with E-state index < -0.39 is 0 Å². The summed E-state index contributed by atoms with van der Waals surface area (Å²) in [7, 11) is 1.83. The Morgan fingerprint density at radius 3 is 2.53 bits per heavy atom. The van der Waals surface area contributed by atoms with E-state index in [1.54, 1.807) is 23.3 Å². The average molecular weight is 452 g/mol. The van der Waals surface area contributed by atoms with Gasteiger partial charge in [-0.3, -0.25) is 9.55 Å². The summed E-state index contributed by atoms with van der Waals surface area (Å²) >= 11 is 0. The van der Waals surface area contributed by atoms with E-state index in [2.05, 4.69) is 36.8 Å². The van der Waals surface area contributed by atoms with Gasteiger partial charge in [-0.05, 0) is 29.8 Å². The number of allylic oxidation sites excluding steroid dienone is 1. The van der Waals surface area contributed by atoms with Crippen molar-refractivity contribution in [2.24, 2.45) is 12.8 Å². The Morgan fingerprint density at radius 2 is 1.88 bits per heavy atom. The minimum atomic E-state index is -0.369. The van der Waals surface area contributed by atoms with E-state index in [9.17, 15) is 5.26 Å². The molecule has 34 heavy (non-hydrogen) atoms. The van der Waals surface area contributed by atoms with Crippen molar-refractivity contribution in [2.45, 2.75) is 32.1 Å². The number of nitrogens with two attached hydrogens (primary N) is 1. The van der Waals surface area contributed by atoms with Gasteiger partial charge in [-0.2, -0.15) is 10.4 Å². The maximum Gasteiger partial charge on any atom is 0.224 e. The molecule has 0 aliphatic carbocycles. The van der Waals surface area contributed by atoms with E-state index >= 15 is 0 Å². The largest absolute Gasteiger partial charge is 0.422 e. The summed E-state index contributed by atoms with van der Waals surface area (Å²) in [6, 6.07) is 14.2. The van der Waals surface area contributed by atoms with Crippen LogP contribution in [0.1, 0.15) is 43.5 Å². The molecule has 0 fully saturated rings. The van der Waals surface area contributed by atoms with E-state index in [1.807, 2.05) is 54.2 Å². The average Bonchev–Trinajstić information content (AvgIpc) is 3.44. The topological polar surface area (TPSA) is 108 Å². The monoisotopic (exact) mass is 451 g/mol. The van der Waals surface area contributed by atoms with Crippen molar-refractivity contribution in [3.63, 3.8) is 0 Å². The summed E-state index contributed by atoms with van der Waals surface area (Å²) in [5.41, 5.74) is 10.9. The number of ether oxygens (including phenoxy) is 1. The van der Waals surface area contributed by atoms with Crippen molar-refractivity contribution in [1.82, 2.24) is 24.3 Å². The lowest BCUT2D eigenvalue weighted by Gasteiger charge is -2.27. The molecule has 1 atom stereocenters. The lowest BCUT2D eigenvalue weighted by molar-refractivity contribution is 0.358. The number of aryl methyl sites for hydroxylation is 1. The number of benzene rings is 1. The first-order valence-corrected chi connectivity index (χ1v) is 11.0. The van der Waals surface area contributed by atoms with Crippen LogP contribution in [0.15, 0.2) is 72.6 Å². The molecule has 3 aromatic heterocycles. The molecule has 0 saturated carbocycles. The van der Waals surface area contributed by atoms with Crippen LogP contribution in [0.25, 0.3) is 17.1 Å². The lowest BCUT2D eigenvalue weighted by Crippen LogP contribution is -2.24. The number of nitrogens with zero attached hydrogens (tertiary/aromatic N) is 6. The Labute approximate surface area is 198 Å². The number of hydrogen-bond acceptors (Lipinski definition) is 6. The number of fused-ring (bicyclic) bond motifs is 1. The summed E-state index contributed by atoms with van der Waals surface area (Å²) < 4.78 is 9.57. The standard InChI is InChI=1S/C26H25N7O/c1-26(2,3)22-21-20(19(14-27)23(28)34-25(21)32(4)31-22)16-7-9-18(10-8-16)33-13-12-30-24(33)17-6-5-11-29-15-17/h5-13,15,20H,28H2,1-4H3. The second kappa shape index (κ2) is 7.89. The fourth-order valence-corrected chi connectivity index (χ4v) is 4.41. The molecule has 1 aliphatic heterocycles. The van der Waals surface area contributed by atoms with E-state index in [1.165, 1.54) is 0 Å². The molecule has 4 heterocycles. The molecule has 1 aliphatic rings.